The van der Waals surface area contributed by atoms with Gasteiger partial charge in [-0.25, -0.2) is 0 Å². The van der Waals surface area contributed by atoms with Crippen LogP contribution in [0, 0.1) is 11.8 Å². The molecule has 1 aliphatic heterocycles. The molecule has 3 aromatic carbocycles. The van der Waals surface area contributed by atoms with Crippen molar-refractivity contribution in [3.05, 3.63) is 95.1 Å². The van der Waals surface area contributed by atoms with Crippen molar-refractivity contribution in [3.63, 3.8) is 0 Å². The van der Waals surface area contributed by atoms with Gasteiger partial charge in [0.15, 0.2) is 6.29 Å². The van der Waals surface area contributed by atoms with Gasteiger partial charge >= 0.3 is 0 Å². The van der Waals surface area contributed by atoms with Crippen LogP contribution in [0.1, 0.15) is 42.0 Å². The zero-order valence-electron chi connectivity index (χ0n) is 21.9. The van der Waals surface area contributed by atoms with Gasteiger partial charge in [-0.1, -0.05) is 55.5 Å². The minimum Gasteiger partial charge on any atom is -0.497 e. The molecule has 1 heterocycles. The lowest BCUT2D eigenvalue weighted by Gasteiger charge is -2.36. The summed E-state index contributed by atoms with van der Waals surface area (Å²) in [6, 6.07) is 26.6. The van der Waals surface area contributed by atoms with Crippen LogP contribution >= 0.6 is 0 Å². The smallest absolute Gasteiger partial charge is 0.159 e. The van der Waals surface area contributed by atoms with Crippen LogP contribution in [0.3, 0.4) is 0 Å². The van der Waals surface area contributed by atoms with Gasteiger partial charge in [-0.2, -0.15) is 0 Å². The molecule has 1 saturated heterocycles. The topological polar surface area (TPSA) is 30.9 Å². The second kappa shape index (κ2) is 10.9. The van der Waals surface area contributed by atoms with E-state index in [1.54, 1.807) is 21.3 Å². The molecule has 0 saturated carbocycles. The highest BCUT2D eigenvalue weighted by atomic mass is 16.7. The lowest BCUT2D eigenvalue weighted by Crippen LogP contribution is -2.39. The average Bonchev–Trinajstić information content (AvgIpc) is 2.93. The van der Waals surface area contributed by atoms with E-state index in [4.69, 9.17) is 14.2 Å². The van der Waals surface area contributed by atoms with Crippen LogP contribution in [0.5, 0.6) is 5.75 Å². The molecule has 2 aliphatic rings. The standard InChI is InChI=1S/C32H37NO3/c1-22-20-26-21-28(34-2)14-15-29(26)31(30(22)23-8-6-5-7-9-23)24-10-12-27(13-11-24)33-18-16-25(17-19-33)32(35-3)36-4/h5-15,21-22,25,32H,16-20H2,1-4H3/t22-/m1/s1. The van der Waals surface area contributed by atoms with E-state index in [2.05, 4.69) is 84.6 Å². The van der Waals surface area contributed by atoms with Gasteiger partial charge in [0.25, 0.3) is 0 Å². The number of nitrogens with zero attached hydrogens (tertiary/aromatic N) is 1. The zero-order chi connectivity index (χ0) is 25.1. The van der Waals surface area contributed by atoms with Crippen LogP contribution in [0.4, 0.5) is 5.69 Å². The summed E-state index contributed by atoms with van der Waals surface area (Å²) < 4.78 is 16.6. The Balaban J connectivity index is 1.48. The number of benzene rings is 3. The second-order valence-electron chi connectivity index (χ2n) is 9.99. The largest absolute Gasteiger partial charge is 0.497 e. The van der Waals surface area contributed by atoms with Crippen molar-refractivity contribution in [1.29, 1.82) is 0 Å². The van der Waals surface area contributed by atoms with E-state index in [1.165, 1.54) is 39.1 Å². The predicted molar refractivity (Wildman–Crippen MR) is 147 cm³/mol. The summed E-state index contributed by atoms with van der Waals surface area (Å²) in [7, 11) is 5.21. The third-order valence-electron chi connectivity index (χ3n) is 7.87. The first-order valence-electron chi connectivity index (χ1n) is 13.0. The summed E-state index contributed by atoms with van der Waals surface area (Å²) in [6.45, 7) is 4.38. The van der Waals surface area contributed by atoms with Gasteiger partial charge in [0.2, 0.25) is 0 Å². The number of methoxy groups -OCH3 is 3. The number of rotatable bonds is 7. The summed E-state index contributed by atoms with van der Waals surface area (Å²) in [5.41, 5.74) is 9.28. The average molecular weight is 484 g/mol. The molecule has 1 atom stereocenters. The van der Waals surface area contributed by atoms with E-state index in [0.717, 1.165) is 38.1 Å². The normalized spacial score (nSPS) is 18.5. The van der Waals surface area contributed by atoms with E-state index in [0.29, 0.717) is 11.8 Å². The lowest BCUT2D eigenvalue weighted by atomic mass is 9.74. The summed E-state index contributed by atoms with van der Waals surface area (Å²) in [5, 5.41) is 0. The fourth-order valence-electron chi connectivity index (χ4n) is 6.04. The monoisotopic (exact) mass is 483 g/mol. The number of piperidine rings is 1. The van der Waals surface area contributed by atoms with E-state index < -0.39 is 0 Å². The minimum absolute atomic E-state index is 0.107. The predicted octanol–water partition coefficient (Wildman–Crippen LogP) is 6.68. The summed E-state index contributed by atoms with van der Waals surface area (Å²) >= 11 is 0. The molecule has 0 N–H and O–H groups in total. The number of allylic oxidation sites excluding steroid dienone is 1. The van der Waals surface area contributed by atoms with Crippen molar-refractivity contribution >= 4 is 16.8 Å². The van der Waals surface area contributed by atoms with E-state index in [-0.39, 0.29) is 6.29 Å². The summed E-state index contributed by atoms with van der Waals surface area (Å²) in [5.74, 6) is 1.79. The highest BCUT2D eigenvalue weighted by Crippen LogP contribution is 2.44. The molecule has 188 valence electrons. The molecule has 36 heavy (non-hydrogen) atoms. The van der Waals surface area contributed by atoms with E-state index in [9.17, 15) is 0 Å². The number of anilines is 1. The van der Waals surface area contributed by atoms with Crippen LogP contribution in [0.15, 0.2) is 72.8 Å². The quantitative estimate of drug-likeness (QED) is 0.351. The Labute approximate surface area is 215 Å². The molecule has 0 bridgehead atoms. The third kappa shape index (κ3) is 4.80. The van der Waals surface area contributed by atoms with Crippen molar-refractivity contribution in [2.45, 2.75) is 32.5 Å². The van der Waals surface area contributed by atoms with Gasteiger partial charge in [-0.3, -0.25) is 0 Å². The molecule has 0 aromatic heterocycles. The Hall–Kier alpha value is -3.08. The van der Waals surface area contributed by atoms with E-state index in [1.807, 2.05) is 0 Å². The van der Waals surface area contributed by atoms with Gasteiger partial charge < -0.3 is 19.1 Å². The first-order chi connectivity index (χ1) is 17.6. The first-order valence-corrected chi connectivity index (χ1v) is 13.0. The molecule has 4 heteroatoms. The molecular formula is C32H37NO3. The SMILES string of the molecule is COc1ccc2c(c1)C[C@@H](C)C(c1ccccc1)=C2c1ccc(N2CCC(C(OC)OC)CC2)cc1. The van der Waals surface area contributed by atoms with Crippen LogP contribution in [-0.2, 0) is 15.9 Å². The van der Waals surface area contributed by atoms with Crippen molar-refractivity contribution in [2.75, 3.05) is 39.3 Å². The zero-order valence-corrected chi connectivity index (χ0v) is 21.9. The molecular weight excluding hydrogens is 446 g/mol. The second-order valence-corrected chi connectivity index (χ2v) is 9.99. The van der Waals surface area contributed by atoms with Crippen LogP contribution in [-0.4, -0.2) is 40.7 Å². The number of fused-ring (bicyclic) bond motifs is 1. The Morgan fingerprint density at radius 3 is 2.14 bits per heavy atom. The lowest BCUT2D eigenvalue weighted by molar-refractivity contribution is -0.141. The fourth-order valence-corrected chi connectivity index (χ4v) is 6.04. The first kappa shape index (κ1) is 24.6. The summed E-state index contributed by atoms with van der Waals surface area (Å²) in [4.78, 5) is 2.48. The Morgan fingerprint density at radius 2 is 1.50 bits per heavy atom. The Morgan fingerprint density at radius 1 is 0.806 bits per heavy atom. The number of hydrogen-bond acceptors (Lipinski definition) is 4. The molecule has 1 fully saturated rings. The highest BCUT2D eigenvalue weighted by Gasteiger charge is 2.28. The van der Waals surface area contributed by atoms with E-state index >= 15 is 0 Å². The van der Waals surface area contributed by atoms with Gasteiger partial charge in [0.05, 0.1) is 7.11 Å². The molecule has 0 unspecified atom stereocenters. The van der Waals surface area contributed by atoms with Crippen LogP contribution in [0.25, 0.3) is 11.1 Å². The van der Waals surface area contributed by atoms with Crippen LogP contribution in [0.2, 0.25) is 0 Å². The van der Waals surface area contributed by atoms with Gasteiger partial charge in [-0.05, 0) is 82.8 Å². The highest BCUT2D eigenvalue weighted by molar-refractivity contribution is 6.01. The maximum Gasteiger partial charge on any atom is 0.159 e. The fraction of sp³-hybridized carbons (Fsp3) is 0.375. The maximum absolute atomic E-state index is 5.55. The van der Waals surface area contributed by atoms with Crippen molar-refractivity contribution < 1.29 is 14.2 Å². The molecule has 1 aliphatic carbocycles. The molecule has 0 amide bonds. The summed E-state index contributed by atoms with van der Waals surface area (Å²) in [6.07, 6.45) is 3.05. The van der Waals surface area contributed by atoms with Crippen molar-refractivity contribution in [3.8, 4) is 5.75 Å². The molecule has 0 radical (unpaired) electrons. The van der Waals surface area contributed by atoms with Crippen LogP contribution < -0.4 is 9.64 Å². The molecule has 4 nitrogen and oxygen atoms in total. The third-order valence-corrected chi connectivity index (χ3v) is 7.87. The Bertz CT molecular complexity index is 1190. The molecule has 5 rings (SSSR count). The van der Waals surface area contributed by atoms with Gasteiger partial charge in [0.1, 0.15) is 5.75 Å². The molecule has 3 aromatic rings. The maximum atomic E-state index is 5.55. The van der Waals surface area contributed by atoms with Crippen molar-refractivity contribution in [2.24, 2.45) is 11.8 Å². The minimum atomic E-state index is -0.107. The number of hydrogen-bond donors (Lipinski definition) is 0. The Kier molecular flexibility index (Phi) is 7.45. The van der Waals surface area contributed by atoms with Crippen molar-refractivity contribution in [1.82, 2.24) is 0 Å². The molecule has 0 spiro atoms. The number of ether oxygens (including phenoxy) is 3. The van der Waals surface area contributed by atoms with Gasteiger partial charge in [-0.15, -0.1) is 0 Å². The van der Waals surface area contributed by atoms with Gasteiger partial charge in [0, 0.05) is 38.9 Å².